The first kappa shape index (κ1) is 31.8. The molecule has 256 valence electrons. The fourth-order valence-corrected chi connectivity index (χ4v) is 8.09. The number of anilines is 3. The molecule has 0 aliphatic carbocycles. The molecule has 0 saturated carbocycles. The average molecular weight is 702 g/mol. The number of hydrogen-bond acceptors (Lipinski definition) is 3. The molecule has 0 unspecified atom stereocenters. The molecule has 2 heterocycles. The molecule has 5 nitrogen and oxygen atoms in total. The molecule has 10 aromatic rings. The van der Waals surface area contributed by atoms with Crippen molar-refractivity contribution < 1.29 is 0 Å². The molecule has 0 saturated heterocycles. The smallest absolute Gasteiger partial charge is 0.101 e. The monoisotopic (exact) mass is 701 g/mol. The van der Waals surface area contributed by atoms with Crippen molar-refractivity contribution in [1.29, 1.82) is 10.5 Å². The van der Waals surface area contributed by atoms with E-state index in [0.29, 0.717) is 11.1 Å². The summed E-state index contributed by atoms with van der Waals surface area (Å²) in [6.07, 6.45) is 0. The van der Waals surface area contributed by atoms with Crippen molar-refractivity contribution in [3.05, 3.63) is 199 Å². The largest absolute Gasteiger partial charge is 0.310 e. The van der Waals surface area contributed by atoms with Crippen LogP contribution in [0.5, 0.6) is 0 Å². The standard InChI is InChI=1S/C50H31N5/c51-32-34-20-24-46(37(28-34)33-52)55-49-26-22-36(35-21-25-48-43(29-35)42-18-10-11-19-47(42)54(48)40-16-8-3-9-17-40)30-44(49)45-31-41(23-27-50(45)55)53(38-12-4-1-5-13-38)39-14-6-2-7-15-39/h1-31H. The molecule has 8 aromatic carbocycles. The van der Waals surface area contributed by atoms with Crippen LogP contribution in [-0.4, -0.2) is 9.13 Å². The number of hydrogen-bond donors (Lipinski definition) is 0. The molecular weight excluding hydrogens is 671 g/mol. The van der Waals surface area contributed by atoms with Gasteiger partial charge in [0, 0.05) is 44.3 Å². The van der Waals surface area contributed by atoms with Crippen LogP contribution in [0.2, 0.25) is 0 Å². The van der Waals surface area contributed by atoms with Crippen molar-refractivity contribution in [2.45, 2.75) is 0 Å². The lowest BCUT2D eigenvalue weighted by Crippen LogP contribution is -2.09. The van der Waals surface area contributed by atoms with Crippen LogP contribution in [0, 0.1) is 22.7 Å². The minimum absolute atomic E-state index is 0.446. The van der Waals surface area contributed by atoms with E-state index >= 15 is 0 Å². The zero-order valence-corrected chi connectivity index (χ0v) is 29.6. The number of nitrogens with zero attached hydrogens (tertiary/aromatic N) is 5. The number of para-hydroxylation sites is 4. The molecule has 0 atom stereocenters. The first-order valence-electron chi connectivity index (χ1n) is 18.2. The second-order valence-corrected chi connectivity index (χ2v) is 13.7. The summed E-state index contributed by atoms with van der Waals surface area (Å²) in [6, 6.07) is 69.7. The van der Waals surface area contributed by atoms with Gasteiger partial charge in [0.05, 0.1) is 45.0 Å². The van der Waals surface area contributed by atoms with Gasteiger partial charge in [-0.15, -0.1) is 0 Å². The molecule has 0 aliphatic heterocycles. The zero-order valence-electron chi connectivity index (χ0n) is 29.6. The Morgan fingerprint density at radius 1 is 0.382 bits per heavy atom. The lowest BCUT2D eigenvalue weighted by Gasteiger charge is -2.25. The Kier molecular flexibility index (Phi) is 7.51. The minimum atomic E-state index is 0.446. The summed E-state index contributed by atoms with van der Waals surface area (Å²) in [7, 11) is 0. The minimum Gasteiger partial charge on any atom is -0.310 e. The van der Waals surface area contributed by atoms with Crippen molar-refractivity contribution in [1.82, 2.24) is 9.13 Å². The Hall–Kier alpha value is -7.86. The molecular formula is C50H31N5. The van der Waals surface area contributed by atoms with Crippen LogP contribution in [0.15, 0.2) is 188 Å². The predicted octanol–water partition coefficient (Wildman–Crippen LogP) is 12.8. The third-order valence-corrected chi connectivity index (χ3v) is 10.5. The van der Waals surface area contributed by atoms with Crippen LogP contribution in [-0.2, 0) is 0 Å². The Morgan fingerprint density at radius 3 is 1.55 bits per heavy atom. The maximum Gasteiger partial charge on any atom is 0.101 e. The molecule has 2 aromatic heterocycles. The third kappa shape index (κ3) is 5.23. The number of benzene rings is 8. The Labute approximate surface area is 318 Å². The summed E-state index contributed by atoms with van der Waals surface area (Å²) < 4.78 is 4.49. The maximum atomic E-state index is 10.3. The van der Waals surface area contributed by atoms with Gasteiger partial charge >= 0.3 is 0 Å². The van der Waals surface area contributed by atoms with Gasteiger partial charge in [-0.25, -0.2) is 0 Å². The summed E-state index contributed by atoms with van der Waals surface area (Å²) in [5.74, 6) is 0. The van der Waals surface area contributed by atoms with E-state index in [9.17, 15) is 10.5 Å². The van der Waals surface area contributed by atoms with Gasteiger partial charge < -0.3 is 14.0 Å². The molecule has 0 bridgehead atoms. The topological polar surface area (TPSA) is 60.7 Å². The van der Waals surface area contributed by atoms with Gasteiger partial charge in [-0.05, 0) is 114 Å². The average Bonchev–Trinajstić information content (AvgIpc) is 3.76. The number of fused-ring (bicyclic) bond motifs is 6. The van der Waals surface area contributed by atoms with Crippen LogP contribution in [0.3, 0.4) is 0 Å². The van der Waals surface area contributed by atoms with E-state index in [0.717, 1.165) is 66.9 Å². The summed E-state index contributed by atoms with van der Waals surface area (Å²) in [4.78, 5) is 2.27. The summed E-state index contributed by atoms with van der Waals surface area (Å²) >= 11 is 0. The fourth-order valence-electron chi connectivity index (χ4n) is 8.09. The summed E-state index contributed by atoms with van der Waals surface area (Å²) in [5, 5.41) is 24.5. The van der Waals surface area contributed by atoms with Gasteiger partial charge in [-0.3, -0.25) is 0 Å². The van der Waals surface area contributed by atoms with E-state index in [1.54, 1.807) is 12.1 Å². The predicted molar refractivity (Wildman–Crippen MR) is 225 cm³/mol. The van der Waals surface area contributed by atoms with Crippen LogP contribution in [0.25, 0.3) is 66.1 Å². The highest BCUT2D eigenvalue weighted by atomic mass is 15.1. The molecule has 10 rings (SSSR count). The van der Waals surface area contributed by atoms with Gasteiger partial charge in [0.25, 0.3) is 0 Å². The van der Waals surface area contributed by atoms with E-state index in [-0.39, 0.29) is 0 Å². The number of aromatic nitrogens is 2. The van der Waals surface area contributed by atoms with Crippen molar-refractivity contribution in [3.63, 3.8) is 0 Å². The molecule has 0 radical (unpaired) electrons. The number of nitriles is 2. The van der Waals surface area contributed by atoms with Crippen molar-refractivity contribution in [3.8, 4) is 34.6 Å². The van der Waals surface area contributed by atoms with Gasteiger partial charge in [0.2, 0.25) is 0 Å². The van der Waals surface area contributed by atoms with Crippen molar-refractivity contribution in [2.75, 3.05) is 4.90 Å². The van der Waals surface area contributed by atoms with Crippen LogP contribution < -0.4 is 4.90 Å². The Morgan fingerprint density at radius 2 is 0.909 bits per heavy atom. The Balaban J connectivity index is 1.22. The third-order valence-electron chi connectivity index (χ3n) is 10.5. The van der Waals surface area contributed by atoms with Gasteiger partial charge in [0.1, 0.15) is 6.07 Å². The highest BCUT2D eigenvalue weighted by molar-refractivity contribution is 6.13. The lowest BCUT2D eigenvalue weighted by atomic mass is 10.0. The highest BCUT2D eigenvalue weighted by Gasteiger charge is 2.20. The van der Waals surface area contributed by atoms with Gasteiger partial charge in [-0.2, -0.15) is 10.5 Å². The second kappa shape index (κ2) is 13.0. The lowest BCUT2D eigenvalue weighted by molar-refractivity contribution is 1.16. The van der Waals surface area contributed by atoms with Crippen molar-refractivity contribution in [2.24, 2.45) is 0 Å². The van der Waals surface area contributed by atoms with E-state index < -0.39 is 0 Å². The molecule has 0 N–H and O–H groups in total. The highest BCUT2D eigenvalue weighted by Crippen LogP contribution is 2.42. The summed E-state index contributed by atoms with van der Waals surface area (Å²) in [6.45, 7) is 0. The molecule has 55 heavy (non-hydrogen) atoms. The van der Waals surface area contributed by atoms with E-state index in [2.05, 4.69) is 184 Å². The van der Waals surface area contributed by atoms with Gasteiger partial charge in [0.15, 0.2) is 0 Å². The van der Waals surface area contributed by atoms with E-state index in [1.165, 1.54) is 16.3 Å². The quantitative estimate of drug-likeness (QED) is 0.173. The Bertz CT molecular complexity index is 3120. The fraction of sp³-hybridized carbons (Fsp3) is 0. The van der Waals surface area contributed by atoms with E-state index in [4.69, 9.17) is 0 Å². The number of rotatable bonds is 6. The van der Waals surface area contributed by atoms with Crippen LogP contribution in [0.1, 0.15) is 11.1 Å². The second-order valence-electron chi connectivity index (χ2n) is 13.7. The van der Waals surface area contributed by atoms with Gasteiger partial charge in [-0.1, -0.05) is 84.9 Å². The summed E-state index contributed by atoms with van der Waals surface area (Å²) in [5.41, 5.74) is 12.4. The molecule has 5 heteroatoms. The van der Waals surface area contributed by atoms with Crippen molar-refractivity contribution >= 4 is 60.7 Å². The molecule has 0 spiro atoms. The first-order valence-corrected chi connectivity index (χ1v) is 18.2. The maximum absolute atomic E-state index is 10.3. The SMILES string of the molecule is N#Cc1ccc(-n2c3ccc(-c4ccc5c(c4)c4ccccc4n5-c4ccccc4)cc3c3cc(N(c4ccccc4)c4ccccc4)ccc32)c(C#N)c1. The molecule has 0 amide bonds. The molecule has 0 aliphatic rings. The molecule has 0 fully saturated rings. The normalized spacial score (nSPS) is 11.2. The van der Waals surface area contributed by atoms with Crippen LogP contribution >= 0.6 is 0 Å². The van der Waals surface area contributed by atoms with Crippen LogP contribution in [0.4, 0.5) is 17.1 Å². The first-order chi connectivity index (χ1) is 27.2. The zero-order chi connectivity index (χ0) is 36.9. The van der Waals surface area contributed by atoms with E-state index in [1.807, 2.05) is 18.2 Å².